The first-order valence-electron chi connectivity index (χ1n) is 12.6. The van der Waals surface area contributed by atoms with Gasteiger partial charge in [-0.3, -0.25) is 4.98 Å². The van der Waals surface area contributed by atoms with Crippen LogP contribution in [0.3, 0.4) is 0 Å². The topological polar surface area (TPSA) is 108 Å². The quantitative estimate of drug-likeness (QED) is 0.252. The number of nitrogens with zero attached hydrogens (tertiary/aromatic N) is 4. The third kappa shape index (κ3) is 5.27. The predicted octanol–water partition coefficient (Wildman–Crippen LogP) is 5.97. The van der Waals surface area contributed by atoms with Gasteiger partial charge in [-0.1, -0.05) is 24.3 Å². The first-order valence-corrected chi connectivity index (χ1v) is 12.6. The van der Waals surface area contributed by atoms with E-state index in [1.807, 2.05) is 77.8 Å². The summed E-state index contributed by atoms with van der Waals surface area (Å²) in [6.07, 6.45) is 7.49. The Balaban J connectivity index is 1.23. The molecule has 1 aliphatic rings. The lowest BCUT2D eigenvalue weighted by Gasteiger charge is -2.16. The number of aromatic nitrogens is 4. The summed E-state index contributed by atoms with van der Waals surface area (Å²) >= 11 is 0. The van der Waals surface area contributed by atoms with Crippen LogP contribution in [0.25, 0.3) is 22.3 Å². The van der Waals surface area contributed by atoms with Crippen molar-refractivity contribution in [3.63, 3.8) is 0 Å². The highest BCUT2D eigenvalue weighted by atomic mass is 16.5. The maximum Gasteiger partial charge on any atom is 0.321 e. The van der Waals surface area contributed by atoms with E-state index in [9.17, 15) is 4.79 Å². The van der Waals surface area contributed by atoms with Crippen LogP contribution in [0.1, 0.15) is 18.4 Å². The van der Waals surface area contributed by atoms with E-state index in [0.29, 0.717) is 18.2 Å². The van der Waals surface area contributed by atoms with Crippen LogP contribution in [0.4, 0.5) is 22.1 Å². The third-order valence-electron chi connectivity index (χ3n) is 6.41. The molecular formula is C29H27N7O2. The van der Waals surface area contributed by atoms with E-state index in [1.165, 1.54) is 0 Å². The van der Waals surface area contributed by atoms with E-state index in [1.54, 1.807) is 12.4 Å². The van der Waals surface area contributed by atoms with Crippen LogP contribution in [-0.2, 0) is 6.61 Å². The standard InChI is InChI=1S/C29H27N7O2/c37-29(36-14-1-2-15-36)33-23-9-4-8-22(17-23)32-28-34-26(25-11-13-31-27(25)35-28)21-7-3-10-24(16-21)38-19-20-6-5-12-30-18-20/h3-13,16-18H,1-2,14-15,19H2,(H,33,37)(H2,31,32,34,35). The van der Waals surface area contributed by atoms with Crippen molar-refractivity contribution in [1.29, 1.82) is 0 Å². The number of rotatable bonds is 7. The summed E-state index contributed by atoms with van der Waals surface area (Å²) in [5, 5.41) is 7.19. The smallest absolute Gasteiger partial charge is 0.321 e. The van der Waals surface area contributed by atoms with Crippen molar-refractivity contribution in [2.24, 2.45) is 0 Å². The summed E-state index contributed by atoms with van der Waals surface area (Å²) in [6.45, 7) is 2.02. The fourth-order valence-corrected chi connectivity index (χ4v) is 4.53. The molecular weight excluding hydrogens is 478 g/mol. The number of hydrogen-bond acceptors (Lipinski definition) is 6. The van der Waals surface area contributed by atoms with E-state index < -0.39 is 0 Å². The van der Waals surface area contributed by atoms with Crippen LogP contribution in [0.15, 0.2) is 85.3 Å². The van der Waals surface area contributed by atoms with Crippen LogP contribution < -0.4 is 15.4 Å². The number of aromatic amines is 1. The van der Waals surface area contributed by atoms with Crippen LogP contribution in [0.5, 0.6) is 5.75 Å². The van der Waals surface area contributed by atoms with Crippen molar-refractivity contribution in [3.05, 3.63) is 90.9 Å². The van der Waals surface area contributed by atoms with Gasteiger partial charge >= 0.3 is 6.03 Å². The van der Waals surface area contributed by atoms with Crippen molar-refractivity contribution in [2.75, 3.05) is 23.7 Å². The first-order chi connectivity index (χ1) is 18.7. The molecule has 1 fully saturated rings. The number of amides is 2. The summed E-state index contributed by atoms with van der Waals surface area (Å²) < 4.78 is 6.01. The molecule has 0 bridgehead atoms. The summed E-state index contributed by atoms with van der Waals surface area (Å²) in [6, 6.07) is 21.2. The number of hydrogen-bond donors (Lipinski definition) is 3. The van der Waals surface area contributed by atoms with Gasteiger partial charge in [0.15, 0.2) is 0 Å². The van der Waals surface area contributed by atoms with Crippen LogP contribution >= 0.6 is 0 Å². The molecule has 1 saturated heterocycles. The van der Waals surface area contributed by atoms with Gasteiger partial charge in [0.05, 0.1) is 5.69 Å². The lowest BCUT2D eigenvalue weighted by atomic mass is 10.1. The SMILES string of the molecule is O=C(Nc1cccc(Nc2nc(-c3cccc(OCc4cccnc4)c3)c3cc[nH]c3n2)c1)N1CCCC1. The second kappa shape index (κ2) is 10.6. The summed E-state index contributed by atoms with van der Waals surface area (Å²) in [4.78, 5) is 31.2. The van der Waals surface area contributed by atoms with E-state index in [0.717, 1.165) is 65.2 Å². The number of carbonyl (C=O) groups excluding carboxylic acids is 1. The monoisotopic (exact) mass is 505 g/mol. The first kappa shape index (κ1) is 23.5. The van der Waals surface area contributed by atoms with Crippen LogP contribution in [-0.4, -0.2) is 44.0 Å². The van der Waals surface area contributed by atoms with Gasteiger partial charge in [0.25, 0.3) is 0 Å². The minimum Gasteiger partial charge on any atom is -0.489 e. The molecule has 4 heterocycles. The van der Waals surface area contributed by atoms with Gasteiger partial charge in [0.1, 0.15) is 18.0 Å². The molecule has 3 aromatic heterocycles. The third-order valence-corrected chi connectivity index (χ3v) is 6.41. The average Bonchev–Trinajstić information content (AvgIpc) is 3.65. The Morgan fingerprint density at radius 2 is 1.84 bits per heavy atom. The maximum atomic E-state index is 12.5. The van der Waals surface area contributed by atoms with Crippen molar-refractivity contribution < 1.29 is 9.53 Å². The Morgan fingerprint density at radius 3 is 2.71 bits per heavy atom. The van der Waals surface area contributed by atoms with Crippen LogP contribution in [0.2, 0.25) is 0 Å². The van der Waals surface area contributed by atoms with Gasteiger partial charge in [0.2, 0.25) is 5.95 Å². The largest absolute Gasteiger partial charge is 0.489 e. The number of H-pyrrole nitrogens is 1. The molecule has 2 amide bonds. The van der Waals surface area contributed by atoms with Crippen LogP contribution in [0, 0.1) is 0 Å². The van der Waals surface area contributed by atoms with E-state index in [-0.39, 0.29) is 6.03 Å². The molecule has 0 radical (unpaired) electrons. The lowest BCUT2D eigenvalue weighted by Crippen LogP contribution is -2.32. The summed E-state index contributed by atoms with van der Waals surface area (Å²) in [7, 11) is 0. The number of pyridine rings is 1. The zero-order valence-electron chi connectivity index (χ0n) is 20.7. The molecule has 5 aromatic rings. The number of urea groups is 1. The molecule has 1 aliphatic heterocycles. The van der Waals surface area contributed by atoms with Gasteiger partial charge in [-0.05, 0) is 55.3 Å². The molecule has 38 heavy (non-hydrogen) atoms. The molecule has 0 aliphatic carbocycles. The number of likely N-dealkylation sites (tertiary alicyclic amines) is 1. The molecule has 0 spiro atoms. The van der Waals surface area contributed by atoms with E-state index in [4.69, 9.17) is 9.72 Å². The van der Waals surface area contributed by atoms with Crippen molar-refractivity contribution >= 4 is 34.4 Å². The molecule has 3 N–H and O–H groups in total. The van der Waals surface area contributed by atoms with Crippen molar-refractivity contribution in [1.82, 2.24) is 24.8 Å². The predicted molar refractivity (Wildman–Crippen MR) is 147 cm³/mol. The Labute approximate surface area is 219 Å². The summed E-state index contributed by atoms with van der Waals surface area (Å²) in [5.74, 6) is 1.18. The fourth-order valence-electron chi connectivity index (χ4n) is 4.53. The maximum absolute atomic E-state index is 12.5. The number of nitrogens with one attached hydrogen (secondary N) is 3. The Hall–Kier alpha value is -4.92. The normalized spacial score (nSPS) is 13.0. The van der Waals surface area contributed by atoms with Gasteiger partial charge in [0, 0.05) is 59.6 Å². The lowest BCUT2D eigenvalue weighted by molar-refractivity contribution is 0.222. The van der Waals surface area contributed by atoms with Crippen molar-refractivity contribution in [3.8, 4) is 17.0 Å². The Bertz CT molecular complexity index is 1560. The fraction of sp³-hybridized carbons (Fsp3) is 0.172. The minimum absolute atomic E-state index is 0.0726. The van der Waals surface area contributed by atoms with E-state index in [2.05, 4.69) is 25.6 Å². The van der Waals surface area contributed by atoms with Gasteiger partial charge in [-0.2, -0.15) is 4.98 Å². The molecule has 9 heteroatoms. The Morgan fingerprint density at radius 1 is 0.974 bits per heavy atom. The second-order valence-electron chi connectivity index (χ2n) is 9.14. The number of ether oxygens (including phenoxy) is 1. The number of benzene rings is 2. The van der Waals surface area contributed by atoms with Gasteiger partial charge in [-0.15, -0.1) is 0 Å². The molecule has 9 nitrogen and oxygen atoms in total. The molecule has 190 valence electrons. The average molecular weight is 506 g/mol. The van der Waals surface area contributed by atoms with E-state index >= 15 is 0 Å². The zero-order valence-corrected chi connectivity index (χ0v) is 20.7. The molecule has 2 aromatic carbocycles. The molecule has 0 unspecified atom stereocenters. The number of carbonyl (C=O) groups is 1. The highest BCUT2D eigenvalue weighted by Crippen LogP contribution is 2.30. The molecule has 0 saturated carbocycles. The minimum atomic E-state index is -0.0726. The Kier molecular flexibility index (Phi) is 6.55. The molecule has 6 rings (SSSR count). The van der Waals surface area contributed by atoms with Gasteiger partial charge < -0.3 is 25.3 Å². The molecule has 0 atom stereocenters. The highest BCUT2D eigenvalue weighted by Gasteiger charge is 2.18. The summed E-state index contributed by atoms with van der Waals surface area (Å²) in [5.41, 5.74) is 4.90. The zero-order chi connectivity index (χ0) is 25.7. The second-order valence-corrected chi connectivity index (χ2v) is 9.14. The highest BCUT2D eigenvalue weighted by molar-refractivity contribution is 5.92. The number of fused-ring (bicyclic) bond motifs is 1. The van der Waals surface area contributed by atoms with Gasteiger partial charge in [-0.25, -0.2) is 9.78 Å². The van der Waals surface area contributed by atoms with Crippen molar-refractivity contribution in [2.45, 2.75) is 19.4 Å². The number of anilines is 3.